The average Bonchev–Trinajstić information content (AvgIpc) is 3.11. The summed E-state index contributed by atoms with van der Waals surface area (Å²) in [6.45, 7) is -1.51. The van der Waals surface area contributed by atoms with E-state index >= 15 is 0 Å². The Hall–Kier alpha value is -2.77. The van der Waals surface area contributed by atoms with Gasteiger partial charge in [-0.1, -0.05) is 12.1 Å². The highest BCUT2D eigenvalue weighted by Crippen LogP contribution is 2.20. The number of nitrogens with one attached hydrogen (secondary N) is 1. The quantitative estimate of drug-likeness (QED) is 0.750. The first-order valence-electron chi connectivity index (χ1n) is 6.74. The molecule has 0 aliphatic carbocycles. The molecule has 5 nitrogen and oxygen atoms in total. The summed E-state index contributed by atoms with van der Waals surface area (Å²) >= 11 is 0. The Balaban J connectivity index is 1.73. The molecule has 23 heavy (non-hydrogen) atoms. The van der Waals surface area contributed by atoms with Crippen LogP contribution in [0.2, 0.25) is 0 Å². The predicted octanol–water partition coefficient (Wildman–Crippen LogP) is 3.28. The fourth-order valence-electron chi connectivity index (χ4n) is 2.28. The number of alkyl halides is 3. The maximum absolute atomic E-state index is 12.4. The molecule has 0 saturated carbocycles. The number of aromatic nitrogens is 3. The molecule has 3 rings (SSSR count). The number of benzene rings is 1. The van der Waals surface area contributed by atoms with E-state index in [0.29, 0.717) is 11.1 Å². The third kappa shape index (κ3) is 3.36. The Morgan fingerprint density at radius 3 is 2.91 bits per heavy atom. The molecule has 8 heteroatoms. The number of halogens is 3. The van der Waals surface area contributed by atoms with Gasteiger partial charge in [0.15, 0.2) is 0 Å². The van der Waals surface area contributed by atoms with Crippen molar-refractivity contribution in [1.82, 2.24) is 14.5 Å². The normalized spacial score (nSPS) is 11.8. The lowest BCUT2D eigenvalue weighted by Crippen LogP contribution is -2.20. The van der Waals surface area contributed by atoms with Gasteiger partial charge in [-0.15, -0.1) is 0 Å². The van der Waals surface area contributed by atoms with E-state index in [1.54, 1.807) is 18.3 Å². The van der Waals surface area contributed by atoms with Crippen molar-refractivity contribution in [2.24, 2.45) is 0 Å². The zero-order valence-electron chi connectivity index (χ0n) is 11.8. The number of carbonyl (C=O) groups is 1. The molecule has 1 aromatic carbocycles. The van der Waals surface area contributed by atoms with Crippen molar-refractivity contribution in [1.29, 1.82) is 0 Å². The summed E-state index contributed by atoms with van der Waals surface area (Å²) in [7, 11) is 0. The number of imidazole rings is 1. The van der Waals surface area contributed by atoms with Crippen molar-refractivity contribution in [3.8, 4) is 0 Å². The number of fused-ring (bicyclic) bond motifs is 1. The van der Waals surface area contributed by atoms with Crippen molar-refractivity contribution >= 4 is 16.9 Å². The summed E-state index contributed by atoms with van der Waals surface area (Å²) in [4.78, 5) is 18.9. The number of ether oxygens (including phenoxy) is 1. The molecular weight excluding hydrogens is 311 g/mol. The lowest BCUT2D eigenvalue weighted by molar-refractivity contribution is -0.141. The maximum atomic E-state index is 12.4. The molecule has 2 aromatic heterocycles. The molecule has 0 aliphatic rings. The third-order valence-corrected chi connectivity index (χ3v) is 3.29. The van der Waals surface area contributed by atoms with Crippen LogP contribution in [-0.2, 0) is 17.9 Å². The average molecular weight is 323 g/mol. The zero-order valence-corrected chi connectivity index (χ0v) is 11.8. The molecule has 2 heterocycles. The molecular formula is C15H12F3N3O2. The molecule has 3 aromatic rings. The Morgan fingerprint density at radius 2 is 2.13 bits per heavy atom. The van der Waals surface area contributed by atoms with E-state index in [1.807, 2.05) is 12.1 Å². The first kappa shape index (κ1) is 15.1. The van der Waals surface area contributed by atoms with Gasteiger partial charge in [0, 0.05) is 24.0 Å². The molecule has 0 aliphatic heterocycles. The van der Waals surface area contributed by atoms with Gasteiger partial charge in [-0.25, -0.2) is 9.78 Å². The van der Waals surface area contributed by atoms with Crippen LogP contribution in [0.25, 0.3) is 10.9 Å². The fraction of sp³-hybridized carbons (Fsp3) is 0.200. The number of carbonyl (C=O) groups excluding carboxylic acids is 1. The summed E-state index contributed by atoms with van der Waals surface area (Å²) in [6, 6.07) is 6.93. The van der Waals surface area contributed by atoms with E-state index in [4.69, 9.17) is 4.74 Å². The van der Waals surface area contributed by atoms with Crippen molar-refractivity contribution in [3.63, 3.8) is 0 Å². The molecule has 1 N–H and O–H groups in total. The molecule has 0 fully saturated rings. The van der Waals surface area contributed by atoms with Crippen molar-refractivity contribution < 1.29 is 22.7 Å². The highest BCUT2D eigenvalue weighted by molar-refractivity contribution is 6.02. The van der Waals surface area contributed by atoms with E-state index in [9.17, 15) is 18.0 Å². The molecule has 0 unspecified atom stereocenters. The van der Waals surface area contributed by atoms with Crippen molar-refractivity contribution in [2.75, 3.05) is 0 Å². The van der Waals surface area contributed by atoms with E-state index < -0.39 is 18.7 Å². The SMILES string of the molecule is O=C(OCc1nccn1CC(F)(F)F)c1cccc2cc[nH]c12. The predicted molar refractivity (Wildman–Crippen MR) is 75.7 cm³/mol. The highest BCUT2D eigenvalue weighted by atomic mass is 19.4. The van der Waals surface area contributed by atoms with Crippen LogP contribution in [-0.4, -0.2) is 26.7 Å². The van der Waals surface area contributed by atoms with Crippen LogP contribution in [0.4, 0.5) is 13.2 Å². The molecule has 0 radical (unpaired) electrons. The minimum Gasteiger partial charge on any atom is -0.454 e. The lowest BCUT2D eigenvalue weighted by Gasteiger charge is -2.11. The Morgan fingerprint density at radius 1 is 1.30 bits per heavy atom. The number of rotatable bonds is 4. The van der Waals surface area contributed by atoms with Crippen LogP contribution in [0.15, 0.2) is 42.9 Å². The fourth-order valence-corrected chi connectivity index (χ4v) is 2.28. The summed E-state index contributed by atoms with van der Waals surface area (Å²) < 4.78 is 43.3. The number of H-pyrrole nitrogens is 1. The summed E-state index contributed by atoms with van der Waals surface area (Å²) in [5.41, 5.74) is 0.942. The number of hydrogen-bond acceptors (Lipinski definition) is 3. The zero-order chi connectivity index (χ0) is 16.4. The topological polar surface area (TPSA) is 59.9 Å². The molecule has 0 atom stereocenters. The minimum absolute atomic E-state index is 0.0364. The van der Waals surface area contributed by atoms with Gasteiger partial charge in [0.25, 0.3) is 0 Å². The van der Waals surface area contributed by atoms with Gasteiger partial charge in [0.05, 0.1) is 11.1 Å². The third-order valence-electron chi connectivity index (χ3n) is 3.29. The standard InChI is InChI=1S/C15H12F3N3O2/c16-15(17,18)9-21-7-6-19-12(21)8-23-14(22)11-3-1-2-10-4-5-20-13(10)11/h1-7,20H,8-9H2. The second-order valence-corrected chi connectivity index (χ2v) is 4.91. The number of esters is 1. The second kappa shape index (κ2) is 5.79. The van der Waals surface area contributed by atoms with E-state index in [2.05, 4.69) is 9.97 Å². The van der Waals surface area contributed by atoms with E-state index in [0.717, 1.165) is 9.95 Å². The lowest BCUT2D eigenvalue weighted by atomic mass is 10.1. The van der Waals surface area contributed by atoms with Gasteiger partial charge in [0.2, 0.25) is 0 Å². The van der Waals surface area contributed by atoms with Gasteiger partial charge < -0.3 is 14.3 Å². The second-order valence-electron chi connectivity index (χ2n) is 4.91. The molecule has 0 spiro atoms. The number of nitrogens with zero attached hydrogens (tertiary/aromatic N) is 2. The smallest absolute Gasteiger partial charge is 0.406 e. The summed E-state index contributed by atoms with van der Waals surface area (Å²) in [5.74, 6) is -0.589. The van der Waals surface area contributed by atoms with Gasteiger partial charge in [-0.05, 0) is 12.1 Å². The summed E-state index contributed by atoms with van der Waals surface area (Å²) in [5, 5.41) is 0.845. The Labute approximate surface area is 128 Å². The van der Waals surface area contributed by atoms with Crippen molar-refractivity contribution in [2.45, 2.75) is 19.3 Å². The minimum atomic E-state index is -4.37. The first-order chi connectivity index (χ1) is 10.9. The van der Waals surface area contributed by atoms with Gasteiger partial charge >= 0.3 is 12.1 Å². The Kier molecular flexibility index (Phi) is 3.81. The van der Waals surface area contributed by atoms with Crippen LogP contribution in [0, 0.1) is 0 Å². The monoisotopic (exact) mass is 323 g/mol. The van der Waals surface area contributed by atoms with Crippen molar-refractivity contribution in [3.05, 3.63) is 54.2 Å². The van der Waals surface area contributed by atoms with Crippen LogP contribution in [0.1, 0.15) is 16.2 Å². The van der Waals surface area contributed by atoms with E-state index in [1.165, 1.54) is 12.4 Å². The Bertz CT molecular complexity index is 836. The maximum Gasteiger partial charge on any atom is 0.406 e. The van der Waals surface area contributed by atoms with Crippen LogP contribution in [0.5, 0.6) is 0 Å². The van der Waals surface area contributed by atoms with E-state index in [-0.39, 0.29) is 12.4 Å². The number of hydrogen-bond donors (Lipinski definition) is 1. The van der Waals surface area contributed by atoms with Crippen LogP contribution in [0.3, 0.4) is 0 Å². The largest absolute Gasteiger partial charge is 0.454 e. The van der Waals surface area contributed by atoms with Gasteiger partial charge in [-0.2, -0.15) is 13.2 Å². The summed E-state index contributed by atoms with van der Waals surface area (Å²) in [6.07, 6.45) is -0.240. The number of para-hydroxylation sites is 1. The first-order valence-corrected chi connectivity index (χ1v) is 6.74. The van der Waals surface area contributed by atoms with Crippen LogP contribution >= 0.6 is 0 Å². The molecule has 120 valence electrons. The number of aromatic amines is 1. The van der Waals surface area contributed by atoms with Crippen LogP contribution < -0.4 is 0 Å². The van der Waals surface area contributed by atoms with Gasteiger partial charge in [0.1, 0.15) is 19.0 Å². The molecule has 0 bridgehead atoms. The highest BCUT2D eigenvalue weighted by Gasteiger charge is 2.29. The molecule has 0 saturated heterocycles. The van der Waals surface area contributed by atoms with Gasteiger partial charge in [-0.3, -0.25) is 0 Å². The molecule has 0 amide bonds.